The van der Waals surface area contributed by atoms with Gasteiger partial charge < -0.3 is 40.1 Å². The highest BCUT2D eigenvalue weighted by Crippen LogP contribution is 2.74. The highest BCUT2D eigenvalue weighted by atomic mass is 19.1. The van der Waals surface area contributed by atoms with Gasteiger partial charge in [0.25, 0.3) is 0 Å². The van der Waals surface area contributed by atoms with E-state index in [-0.39, 0.29) is 94.7 Å². The molecule has 0 bridgehead atoms. The molecule has 86 heavy (non-hydrogen) atoms. The third-order valence-corrected chi connectivity index (χ3v) is 27.3. The zero-order valence-corrected chi connectivity index (χ0v) is 52.3. The first-order chi connectivity index (χ1) is 40.2. The average Bonchev–Trinajstić information content (AvgIpc) is 1.39. The lowest BCUT2D eigenvalue weighted by Crippen LogP contribution is -2.70. The number of hydrogen-bond acceptors (Lipinski definition) is 13. The number of nitrogens with zero attached hydrogens (tertiary/aromatic N) is 2. The van der Waals surface area contributed by atoms with Crippen LogP contribution in [0.5, 0.6) is 0 Å². The van der Waals surface area contributed by atoms with Gasteiger partial charge >= 0.3 is 0 Å². The van der Waals surface area contributed by atoms with E-state index < -0.39 is 87.6 Å². The Bertz CT molecular complexity index is 3210. The first kappa shape index (κ1) is 61.7. The van der Waals surface area contributed by atoms with Gasteiger partial charge in [0.15, 0.2) is 45.9 Å². The molecule has 0 aromatic rings. The molecular weight excluding hydrogens is 1090 g/mol. The van der Waals surface area contributed by atoms with Crippen molar-refractivity contribution in [3.63, 3.8) is 0 Å². The number of carbonyl (C=O) groups excluding carboxylic acids is 3. The van der Waals surface area contributed by atoms with Gasteiger partial charge in [-0.25, -0.2) is 18.8 Å². The molecule has 2 unspecified atom stereocenters. The fraction of sp³-hybridized carbons (Fsp3) is 0.704. The normalized spacial score (nSPS) is 51.9. The summed E-state index contributed by atoms with van der Waals surface area (Å²) in [5, 5.41) is 65.1. The topological polar surface area (TPSA) is 216 Å². The molecule has 12 aliphatic carbocycles. The van der Waals surface area contributed by atoms with Gasteiger partial charge in [-0.2, -0.15) is 0 Å². The molecule has 0 radical (unpaired) electrons. The predicted octanol–water partition coefficient (Wildman–Crippen LogP) is 10.0. The molecule has 9 saturated carbocycles. The van der Waals surface area contributed by atoms with Crippen molar-refractivity contribution in [3.8, 4) is 0 Å². The summed E-state index contributed by atoms with van der Waals surface area (Å²) in [6, 6.07) is 0. The molecule has 0 aromatic heterocycles. The van der Waals surface area contributed by atoms with Crippen molar-refractivity contribution >= 4 is 29.1 Å². The van der Waals surface area contributed by atoms with E-state index in [0.29, 0.717) is 48.1 Å². The fourth-order valence-electron chi connectivity index (χ4n) is 23.5. The first-order valence-corrected chi connectivity index (χ1v) is 32.1. The fourth-order valence-corrected chi connectivity index (χ4v) is 23.5. The lowest BCUT2D eigenvalue weighted by molar-refractivity contribution is -0.222. The third-order valence-electron chi connectivity index (χ3n) is 27.3. The van der Waals surface area contributed by atoms with Gasteiger partial charge in [-0.3, -0.25) is 14.4 Å². The van der Waals surface area contributed by atoms with Gasteiger partial charge in [0.05, 0.1) is 18.3 Å². The molecular formula is C71H94F2N2O11. The SMILES string of the molecule is C=C1C=C2CC[C@@H]3[C@H]([C@@H](O)C[C@@]4(C)[C@H]3C[C@H]3OC(C)=NC34C(=O)CO)[C@@]2(C)CC1.C=C1C=C[C@@]2(C)C(=C1)CC[C@@H]1[C@@H]2[C@@H](O)C[C@@]2(C)[C@H]1C[C@H]1OC(C)=NC12C(=O)CO.C=C1C=C[C@@]2(C)C(=C1)[C@@H](F)C[C@H]1[C@@H]3C[C@@H](C)[C@](O)(C(C)=O)[C@@]3(C)C[C@H](O)[C@@]12F. The lowest BCUT2D eigenvalue weighted by Gasteiger charge is -2.63. The molecule has 6 N–H and O–H groups in total. The van der Waals surface area contributed by atoms with Crippen LogP contribution in [-0.2, 0) is 23.9 Å². The third kappa shape index (κ3) is 7.68. The number of aliphatic hydroxyl groups is 6. The van der Waals surface area contributed by atoms with E-state index in [0.717, 1.165) is 56.9 Å². The molecule has 0 spiro atoms. The quantitative estimate of drug-likeness (QED) is 0.152. The number of aliphatic hydroxyl groups excluding tert-OH is 5. The minimum absolute atomic E-state index is 0.00323. The molecule has 25 atom stereocenters. The molecule has 468 valence electrons. The second-order valence-electron chi connectivity index (χ2n) is 30.8. The average molecular weight is 1190 g/mol. The van der Waals surface area contributed by atoms with E-state index in [4.69, 9.17) is 19.5 Å². The summed E-state index contributed by atoms with van der Waals surface area (Å²) in [6.45, 7) is 30.0. The molecule has 2 heterocycles. The monoisotopic (exact) mass is 1190 g/mol. The summed E-state index contributed by atoms with van der Waals surface area (Å²) in [5.41, 5.74) is -3.33. The van der Waals surface area contributed by atoms with Crippen LogP contribution in [-0.4, -0.2) is 132 Å². The van der Waals surface area contributed by atoms with E-state index in [2.05, 4.69) is 71.7 Å². The number of aliphatic imine (C=N–C) groups is 2. The van der Waals surface area contributed by atoms with Crippen LogP contribution in [0.3, 0.4) is 0 Å². The summed E-state index contributed by atoms with van der Waals surface area (Å²) >= 11 is 0. The van der Waals surface area contributed by atoms with Gasteiger partial charge in [-0.1, -0.05) is 121 Å². The Kier molecular flexibility index (Phi) is 14.3. The molecule has 14 aliphatic rings. The number of allylic oxidation sites excluding steroid dienone is 13. The van der Waals surface area contributed by atoms with Crippen molar-refractivity contribution in [1.82, 2.24) is 0 Å². The Labute approximate surface area is 506 Å². The van der Waals surface area contributed by atoms with Gasteiger partial charge in [0, 0.05) is 52.8 Å². The highest BCUT2D eigenvalue weighted by molar-refractivity contribution is 5.97. The molecule has 0 aromatic carbocycles. The summed E-state index contributed by atoms with van der Waals surface area (Å²) in [5.74, 6) is 0.0117. The largest absolute Gasteiger partial charge is 0.475 e. The van der Waals surface area contributed by atoms with Crippen LogP contribution >= 0.6 is 0 Å². The zero-order chi connectivity index (χ0) is 62.4. The first-order valence-electron chi connectivity index (χ1n) is 32.1. The van der Waals surface area contributed by atoms with Gasteiger partial charge in [0.1, 0.15) is 37.2 Å². The van der Waals surface area contributed by atoms with E-state index in [1.54, 1.807) is 52.8 Å². The molecule has 14 rings (SSSR count). The second kappa shape index (κ2) is 20.0. The van der Waals surface area contributed by atoms with Gasteiger partial charge in [0.2, 0.25) is 0 Å². The van der Waals surface area contributed by atoms with Gasteiger partial charge in [-0.15, -0.1) is 0 Å². The van der Waals surface area contributed by atoms with E-state index >= 15 is 8.78 Å². The van der Waals surface area contributed by atoms with Crippen molar-refractivity contribution in [1.29, 1.82) is 0 Å². The predicted molar refractivity (Wildman–Crippen MR) is 324 cm³/mol. The van der Waals surface area contributed by atoms with Crippen LogP contribution in [0.2, 0.25) is 0 Å². The molecule has 2 aliphatic heterocycles. The van der Waals surface area contributed by atoms with Crippen molar-refractivity contribution in [2.75, 3.05) is 13.2 Å². The Morgan fingerprint density at radius 1 is 0.674 bits per heavy atom. The van der Waals surface area contributed by atoms with Crippen molar-refractivity contribution < 1.29 is 63.3 Å². The maximum Gasteiger partial charge on any atom is 0.190 e. The number of fused-ring (bicyclic) bond motifs is 19. The molecule has 0 saturated heterocycles. The molecule has 13 nitrogen and oxygen atoms in total. The Hall–Kier alpha value is -4.51. The number of ether oxygens (including phenoxy) is 2. The van der Waals surface area contributed by atoms with Crippen LogP contribution in [0.25, 0.3) is 0 Å². The summed E-state index contributed by atoms with van der Waals surface area (Å²) in [6.07, 6.45) is 18.2. The maximum atomic E-state index is 16.9. The maximum absolute atomic E-state index is 16.9. The van der Waals surface area contributed by atoms with E-state index in [1.165, 1.54) is 23.6 Å². The molecule has 0 amide bonds. The second-order valence-corrected chi connectivity index (χ2v) is 30.8. The number of rotatable bonds is 5. The number of alkyl halides is 2. The summed E-state index contributed by atoms with van der Waals surface area (Å²) in [7, 11) is 0. The molecule has 9 fully saturated rings. The smallest absolute Gasteiger partial charge is 0.190 e. The van der Waals surface area contributed by atoms with Gasteiger partial charge in [-0.05, 0) is 161 Å². The van der Waals surface area contributed by atoms with Crippen LogP contribution in [0.15, 0.2) is 106 Å². The van der Waals surface area contributed by atoms with Crippen molar-refractivity contribution in [3.05, 3.63) is 95.7 Å². The highest BCUT2D eigenvalue weighted by Gasteiger charge is 2.79. The van der Waals surface area contributed by atoms with E-state index in [9.17, 15) is 45.0 Å². The number of halogens is 2. The van der Waals surface area contributed by atoms with Crippen LogP contribution in [0.1, 0.15) is 153 Å². The van der Waals surface area contributed by atoms with Crippen molar-refractivity contribution in [2.24, 2.45) is 95.7 Å². The Morgan fingerprint density at radius 2 is 1.20 bits per heavy atom. The van der Waals surface area contributed by atoms with Crippen LogP contribution in [0.4, 0.5) is 8.78 Å². The zero-order valence-electron chi connectivity index (χ0n) is 52.3. The minimum atomic E-state index is -2.06. The Morgan fingerprint density at radius 3 is 1.76 bits per heavy atom. The van der Waals surface area contributed by atoms with Crippen LogP contribution in [0, 0.1) is 85.8 Å². The molecule has 15 heteroatoms. The minimum Gasteiger partial charge on any atom is -0.475 e. The number of ketones is 3. The number of hydrogen-bond donors (Lipinski definition) is 6. The summed E-state index contributed by atoms with van der Waals surface area (Å²) in [4.78, 5) is 48.1. The van der Waals surface area contributed by atoms with E-state index in [1.807, 2.05) is 0 Å². The lowest BCUT2D eigenvalue weighted by atomic mass is 9.44. The number of carbonyl (C=O) groups is 3. The Balaban J connectivity index is 0.000000126. The van der Waals surface area contributed by atoms with Crippen LogP contribution < -0.4 is 0 Å². The number of Topliss-reactive ketones (excluding diaryl/α,β-unsaturated/α-hetero) is 3. The van der Waals surface area contributed by atoms with Crippen molar-refractivity contribution in [2.45, 2.75) is 212 Å². The standard InChI is InChI=1S/C24H33NO4.C24H31NO4.C23H30F2O3/c2*1-13-7-8-22(3)15(9-13)5-6-16-17-10-20-24(19(28)12-26,25-14(2)29-20)23(17,4)11-18(27)21(16)22;1-12-6-7-20(4)17(8-12)18(24)10-16-15-9-13(2)23(28,14(3)26)21(15,5)11-19(27)22(16,20)25/h9,16-18,20-21,26-27H,1,5-8,10-12H2,2-4H3;7-9,16-18,20-21,26-27H,1,5-6,10-12H2,2-4H3;6-8,13,15-16,18-19,27-28H,1,9-11H2,2-5H3/t2*16-,17-,18-,20+,21+,22-,23-,24?;13-,15+,16+,18+,19+,20+,21+,22+,23+/m001/s1. The summed E-state index contributed by atoms with van der Waals surface area (Å²) < 4.78 is 44.3.